The molecule has 112 valence electrons. The van der Waals surface area contributed by atoms with Crippen LogP contribution in [0.5, 0.6) is 0 Å². The molecule has 1 aliphatic heterocycles. The van der Waals surface area contributed by atoms with Crippen LogP contribution in [0.4, 0.5) is 0 Å². The van der Waals surface area contributed by atoms with Gasteiger partial charge in [0.1, 0.15) is 0 Å². The Morgan fingerprint density at radius 3 is 2.10 bits per heavy atom. The van der Waals surface area contributed by atoms with Crippen LogP contribution in [0.2, 0.25) is 0 Å². The fourth-order valence-corrected chi connectivity index (χ4v) is 4.00. The van der Waals surface area contributed by atoms with E-state index in [0.29, 0.717) is 18.0 Å². The van der Waals surface area contributed by atoms with Gasteiger partial charge in [-0.3, -0.25) is 0 Å². The Bertz CT molecular complexity index is 563. The van der Waals surface area contributed by atoms with E-state index in [-0.39, 0.29) is 17.4 Å². The zero-order valence-corrected chi connectivity index (χ0v) is 13.4. The third-order valence-electron chi connectivity index (χ3n) is 4.00. The lowest BCUT2D eigenvalue weighted by molar-refractivity contribution is 0.464. The van der Waals surface area contributed by atoms with E-state index in [9.17, 15) is 8.42 Å². The zero-order valence-electron chi connectivity index (χ0n) is 12.6. The topological polar surface area (TPSA) is 63.4 Å². The van der Waals surface area contributed by atoms with Crippen molar-refractivity contribution in [3.8, 4) is 0 Å². The standard InChI is InChI=1S/C15H24N2O2S/c1-11-9-17(10-14(11)16)20(18,19)13-7-5-12(6-8-13)15(2,3)4/h5-8,11,14H,9-10,16H2,1-4H3. The first-order chi connectivity index (χ1) is 9.12. The molecule has 0 amide bonds. The molecule has 1 heterocycles. The van der Waals surface area contributed by atoms with Gasteiger partial charge in [0.2, 0.25) is 10.0 Å². The molecular formula is C15H24N2O2S. The molecule has 2 atom stereocenters. The maximum atomic E-state index is 12.6. The van der Waals surface area contributed by atoms with Crippen LogP contribution < -0.4 is 5.73 Å². The average molecular weight is 296 g/mol. The molecule has 2 rings (SSSR count). The molecule has 0 aliphatic carbocycles. The number of nitrogens with two attached hydrogens (primary N) is 1. The number of nitrogens with zero attached hydrogens (tertiary/aromatic N) is 1. The van der Waals surface area contributed by atoms with Gasteiger partial charge in [0.25, 0.3) is 0 Å². The SMILES string of the molecule is CC1CN(S(=O)(=O)c2ccc(C(C)(C)C)cc2)CC1N. The molecule has 1 fully saturated rings. The lowest BCUT2D eigenvalue weighted by Gasteiger charge is -2.20. The largest absolute Gasteiger partial charge is 0.326 e. The second-order valence-electron chi connectivity index (χ2n) is 6.74. The van der Waals surface area contributed by atoms with Crippen molar-refractivity contribution in [3.63, 3.8) is 0 Å². The molecule has 0 saturated carbocycles. The second-order valence-corrected chi connectivity index (χ2v) is 8.68. The summed E-state index contributed by atoms with van der Waals surface area (Å²) in [6, 6.07) is 7.12. The Hall–Kier alpha value is -0.910. The number of hydrogen-bond donors (Lipinski definition) is 1. The maximum Gasteiger partial charge on any atom is 0.243 e. The van der Waals surface area contributed by atoms with Gasteiger partial charge in [-0.2, -0.15) is 4.31 Å². The first kappa shape index (κ1) is 15.5. The lowest BCUT2D eigenvalue weighted by Crippen LogP contribution is -2.32. The smallest absolute Gasteiger partial charge is 0.243 e. The van der Waals surface area contributed by atoms with Gasteiger partial charge in [0, 0.05) is 19.1 Å². The van der Waals surface area contributed by atoms with Crippen LogP contribution >= 0.6 is 0 Å². The van der Waals surface area contributed by atoms with Crippen molar-refractivity contribution >= 4 is 10.0 Å². The van der Waals surface area contributed by atoms with Crippen molar-refractivity contribution in [3.05, 3.63) is 29.8 Å². The second kappa shape index (κ2) is 5.13. The fraction of sp³-hybridized carbons (Fsp3) is 0.600. The Kier molecular flexibility index (Phi) is 3.97. The summed E-state index contributed by atoms with van der Waals surface area (Å²) in [7, 11) is -3.41. The zero-order chi connectivity index (χ0) is 15.1. The van der Waals surface area contributed by atoms with Gasteiger partial charge in [-0.15, -0.1) is 0 Å². The van der Waals surface area contributed by atoms with E-state index < -0.39 is 10.0 Å². The number of benzene rings is 1. The third-order valence-corrected chi connectivity index (χ3v) is 5.84. The fourth-order valence-electron chi connectivity index (χ4n) is 2.42. The number of hydrogen-bond acceptors (Lipinski definition) is 3. The maximum absolute atomic E-state index is 12.6. The number of sulfonamides is 1. The van der Waals surface area contributed by atoms with Crippen molar-refractivity contribution in [1.29, 1.82) is 0 Å². The normalized spacial score (nSPS) is 25.1. The van der Waals surface area contributed by atoms with Crippen molar-refractivity contribution in [2.45, 2.75) is 44.0 Å². The molecule has 1 aromatic rings. The highest BCUT2D eigenvalue weighted by atomic mass is 32.2. The molecule has 20 heavy (non-hydrogen) atoms. The van der Waals surface area contributed by atoms with E-state index in [1.807, 2.05) is 19.1 Å². The van der Waals surface area contributed by atoms with Crippen molar-refractivity contribution in [2.75, 3.05) is 13.1 Å². The minimum atomic E-state index is -3.41. The van der Waals surface area contributed by atoms with Gasteiger partial charge in [0.05, 0.1) is 4.90 Å². The molecule has 1 saturated heterocycles. The van der Waals surface area contributed by atoms with Crippen LogP contribution in [0.25, 0.3) is 0 Å². The van der Waals surface area contributed by atoms with E-state index in [0.717, 1.165) is 5.56 Å². The summed E-state index contributed by atoms with van der Waals surface area (Å²) < 4.78 is 26.6. The average Bonchev–Trinajstić information content (AvgIpc) is 2.69. The first-order valence-electron chi connectivity index (χ1n) is 6.98. The molecule has 4 nitrogen and oxygen atoms in total. The van der Waals surface area contributed by atoms with Crippen molar-refractivity contribution < 1.29 is 8.42 Å². The summed E-state index contributed by atoms with van der Waals surface area (Å²) in [5.41, 5.74) is 7.07. The molecule has 2 N–H and O–H groups in total. The van der Waals surface area contributed by atoms with E-state index in [2.05, 4.69) is 20.8 Å². The molecule has 0 bridgehead atoms. The Morgan fingerprint density at radius 1 is 1.15 bits per heavy atom. The Labute approximate surface area is 122 Å². The summed E-state index contributed by atoms with van der Waals surface area (Å²) in [6.45, 7) is 9.23. The number of rotatable bonds is 2. The first-order valence-corrected chi connectivity index (χ1v) is 8.42. The van der Waals surface area contributed by atoms with Crippen LogP contribution in [-0.4, -0.2) is 31.9 Å². The molecule has 1 aliphatic rings. The summed E-state index contributed by atoms with van der Waals surface area (Å²) in [5, 5.41) is 0. The van der Waals surface area contributed by atoms with Gasteiger partial charge >= 0.3 is 0 Å². The highest BCUT2D eigenvalue weighted by molar-refractivity contribution is 7.89. The molecule has 0 radical (unpaired) electrons. The molecular weight excluding hydrogens is 272 g/mol. The quantitative estimate of drug-likeness (QED) is 0.907. The summed E-state index contributed by atoms with van der Waals surface area (Å²) >= 11 is 0. The molecule has 0 spiro atoms. The monoisotopic (exact) mass is 296 g/mol. The van der Waals surface area contributed by atoms with Crippen molar-refractivity contribution in [2.24, 2.45) is 11.7 Å². The van der Waals surface area contributed by atoms with Gasteiger partial charge in [-0.25, -0.2) is 8.42 Å². The predicted molar refractivity (Wildman–Crippen MR) is 81.0 cm³/mol. The van der Waals surface area contributed by atoms with Gasteiger partial charge in [-0.1, -0.05) is 39.8 Å². The molecule has 5 heteroatoms. The van der Waals surface area contributed by atoms with Crippen LogP contribution in [0, 0.1) is 5.92 Å². The Balaban J connectivity index is 2.27. The minimum Gasteiger partial charge on any atom is -0.326 e. The molecule has 1 aromatic carbocycles. The summed E-state index contributed by atoms with van der Waals surface area (Å²) in [4.78, 5) is 0.354. The predicted octanol–water partition coefficient (Wildman–Crippen LogP) is 1.95. The van der Waals surface area contributed by atoms with E-state index in [4.69, 9.17) is 5.73 Å². The highest BCUT2D eigenvalue weighted by Gasteiger charge is 2.35. The van der Waals surface area contributed by atoms with E-state index in [1.165, 1.54) is 4.31 Å². The molecule has 0 aromatic heterocycles. The van der Waals surface area contributed by atoms with Crippen LogP contribution in [0.1, 0.15) is 33.3 Å². The minimum absolute atomic E-state index is 0.0206. The Morgan fingerprint density at radius 2 is 1.70 bits per heavy atom. The van der Waals surface area contributed by atoms with Crippen molar-refractivity contribution in [1.82, 2.24) is 4.31 Å². The molecule has 2 unspecified atom stereocenters. The summed E-state index contributed by atoms with van der Waals surface area (Å²) in [5.74, 6) is 0.207. The van der Waals surface area contributed by atoms with Gasteiger partial charge in [0.15, 0.2) is 0 Å². The van der Waals surface area contributed by atoms with Crippen LogP contribution in [0.15, 0.2) is 29.2 Å². The third kappa shape index (κ3) is 2.90. The van der Waals surface area contributed by atoms with E-state index in [1.54, 1.807) is 12.1 Å². The van der Waals surface area contributed by atoms with Gasteiger partial charge < -0.3 is 5.73 Å². The highest BCUT2D eigenvalue weighted by Crippen LogP contribution is 2.27. The van der Waals surface area contributed by atoms with E-state index >= 15 is 0 Å². The van der Waals surface area contributed by atoms with Crippen LogP contribution in [0.3, 0.4) is 0 Å². The lowest BCUT2D eigenvalue weighted by atomic mass is 9.87. The van der Waals surface area contributed by atoms with Crippen LogP contribution in [-0.2, 0) is 15.4 Å². The van der Waals surface area contributed by atoms with Gasteiger partial charge in [-0.05, 0) is 29.0 Å². The summed E-state index contributed by atoms with van der Waals surface area (Å²) in [6.07, 6.45) is 0.